The predicted molar refractivity (Wildman–Crippen MR) is 160 cm³/mol. The maximum Gasteiger partial charge on any atom is 0.490 e. The molecule has 236 valence electrons. The lowest BCUT2D eigenvalue weighted by Gasteiger charge is -2.12. The first kappa shape index (κ1) is 33.1. The number of thiophene rings is 1. The topological polar surface area (TPSA) is 144 Å². The Morgan fingerprint density at radius 1 is 0.933 bits per heavy atom. The number of carbonyl (C=O) groups excluding carboxylic acids is 1. The van der Waals surface area contributed by atoms with E-state index < -0.39 is 24.2 Å². The zero-order valence-electron chi connectivity index (χ0n) is 24.7. The zero-order chi connectivity index (χ0) is 33.1. The standard InChI is InChI=1S/C29H28N4O4S.C2HF3O2/c1-16-17(2)38-29-26(16)27(30-23(15-25(36)37-4)28-32-31-18(3)33(28)29)22-12-10-21(11-13-22)20-8-5-19(6-9-20)7-14-24(34)35;3-2(4,5)1(6)7/h5-6,8-13,23H,7,14-15H2,1-4H3,(H,34,35);(H,6,7)/t23-;/m0./s1. The van der Waals surface area contributed by atoms with Crippen LogP contribution in [0.25, 0.3) is 16.1 Å². The molecule has 14 heteroatoms. The van der Waals surface area contributed by atoms with Gasteiger partial charge in [0.25, 0.3) is 0 Å². The molecule has 0 unspecified atom stereocenters. The van der Waals surface area contributed by atoms with E-state index >= 15 is 0 Å². The lowest BCUT2D eigenvalue weighted by atomic mass is 9.96. The Labute approximate surface area is 259 Å². The molecule has 2 aromatic heterocycles. The maximum absolute atomic E-state index is 12.3. The number of methoxy groups -OCH3 is 1. The molecule has 4 aromatic rings. The minimum Gasteiger partial charge on any atom is -0.481 e. The van der Waals surface area contributed by atoms with E-state index in [0.717, 1.165) is 49.9 Å². The quantitative estimate of drug-likeness (QED) is 0.233. The van der Waals surface area contributed by atoms with E-state index in [-0.39, 0.29) is 18.8 Å². The number of ether oxygens (including phenoxy) is 1. The molecule has 0 radical (unpaired) electrons. The van der Waals surface area contributed by atoms with Gasteiger partial charge in [0.15, 0.2) is 5.82 Å². The van der Waals surface area contributed by atoms with Crippen molar-refractivity contribution in [1.82, 2.24) is 14.8 Å². The number of carboxylic acid groups (broad SMARTS) is 2. The maximum atomic E-state index is 12.3. The first-order valence-corrected chi connectivity index (χ1v) is 14.4. The lowest BCUT2D eigenvalue weighted by molar-refractivity contribution is -0.192. The van der Waals surface area contributed by atoms with Gasteiger partial charge in [-0.15, -0.1) is 21.5 Å². The van der Waals surface area contributed by atoms with E-state index in [2.05, 4.69) is 48.3 Å². The average molecular weight is 643 g/mol. The van der Waals surface area contributed by atoms with Crippen molar-refractivity contribution >= 4 is 35.0 Å². The van der Waals surface area contributed by atoms with Crippen molar-refractivity contribution in [3.8, 4) is 16.1 Å². The van der Waals surface area contributed by atoms with Crippen LogP contribution in [-0.2, 0) is 25.5 Å². The van der Waals surface area contributed by atoms with Gasteiger partial charge in [-0.1, -0.05) is 48.5 Å². The molecule has 0 aliphatic carbocycles. The summed E-state index contributed by atoms with van der Waals surface area (Å²) in [5.41, 5.74) is 7.02. The Balaban J connectivity index is 0.000000591. The van der Waals surface area contributed by atoms with E-state index in [1.165, 1.54) is 12.0 Å². The molecule has 5 rings (SSSR count). The molecule has 2 aromatic carbocycles. The zero-order valence-corrected chi connectivity index (χ0v) is 25.5. The molecule has 1 atom stereocenters. The van der Waals surface area contributed by atoms with Gasteiger partial charge in [0.2, 0.25) is 0 Å². The highest BCUT2D eigenvalue weighted by Crippen LogP contribution is 2.39. The Hall–Kier alpha value is -4.85. The summed E-state index contributed by atoms with van der Waals surface area (Å²) in [6.45, 7) is 6.10. The SMILES string of the molecule is COC(=O)C[C@@H]1N=C(c2ccc(-c3ccc(CCC(=O)O)cc3)cc2)c2c(sc(C)c2C)-n2c(C)nnc21.O=C(O)C(F)(F)F. The number of nitrogens with zero attached hydrogens (tertiary/aromatic N) is 4. The second-order valence-corrected chi connectivity index (χ2v) is 11.4. The fourth-order valence-corrected chi connectivity index (χ4v) is 5.92. The molecule has 0 saturated heterocycles. The highest BCUT2D eigenvalue weighted by molar-refractivity contribution is 7.15. The number of hydrogen-bond donors (Lipinski definition) is 2. The largest absolute Gasteiger partial charge is 0.490 e. The van der Waals surface area contributed by atoms with Crippen molar-refractivity contribution in [3.63, 3.8) is 0 Å². The molecule has 2 N–H and O–H groups in total. The van der Waals surface area contributed by atoms with Gasteiger partial charge >= 0.3 is 24.1 Å². The highest BCUT2D eigenvalue weighted by Gasteiger charge is 2.38. The summed E-state index contributed by atoms with van der Waals surface area (Å²) in [5.74, 6) is -2.53. The van der Waals surface area contributed by atoms with Gasteiger partial charge in [0, 0.05) is 22.4 Å². The molecule has 3 heterocycles. The Kier molecular flexibility index (Phi) is 9.86. The summed E-state index contributed by atoms with van der Waals surface area (Å²) < 4.78 is 38.7. The summed E-state index contributed by atoms with van der Waals surface area (Å²) in [6, 6.07) is 15.7. The minimum atomic E-state index is -5.08. The number of halogens is 3. The Morgan fingerprint density at radius 2 is 1.49 bits per heavy atom. The van der Waals surface area contributed by atoms with Crippen molar-refractivity contribution in [3.05, 3.63) is 87.3 Å². The van der Waals surface area contributed by atoms with Gasteiger partial charge in [-0.2, -0.15) is 13.2 Å². The van der Waals surface area contributed by atoms with Gasteiger partial charge < -0.3 is 14.9 Å². The third kappa shape index (κ3) is 7.45. The van der Waals surface area contributed by atoms with Crippen LogP contribution in [-0.4, -0.2) is 61.9 Å². The molecule has 0 bridgehead atoms. The molecule has 0 amide bonds. The lowest BCUT2D eigenvalue weighted by Crippen LogP contribution is -2.21. The number of esters is 1. The van der Waals surface area contributed by atoms with Crippen molar-refractivity contribution in [2.24, 2.45) is 4.99 Å². The smallest absolute Gasteiger partial charge is 0.481 e. The number of aryl methyl sites for hydroxylation is 3. The third-order valence-corrected chi connectivity index (χ3v) is 8.34. The van der Waals surface area contributed by atoms with Gasteiger partial charge in [0.05, 0.1) is 19.2 Å². The monoisotopic (exact) mass is 642 g/mol. The third-order valence-electron chi connectivity index (χ3n) is 7.14. The van der Waals surface area contributed by atoms with E-state index in [1.54, 1.807) is 11.3 Å². The first-order valence-electron chi connectivity index (χ1n) is 13.6. The molecular formula is C31H29F3N4O6S. The summed E-state index contributed by atoms with van der Waals surface area (Å²) in [7, 11) is 1.38. The number of carbonyl (C=O) groups is 3. The van der Waals surface area contributed by atoms with Crippen LogP contribution in [0, 0.1) is 20.8 Å². The molecule has 0 fully saturated rings. The van der Waals surface area contributed by atoms with Crippen LogP contribution in [0.2, 0.25) is 0 Å². The Bertz CT molecular complexity index is 1760. The highest BCUT2D eigenvalue weighted by atomic mass is 32.1. The number of carboxylic acids is 2. The van der Waals surface area contributed by atoms with Crippen molar-refractivity contribution in [1.29, 1.82) is 0 Å². The van der Waals surface area contributed by atoms with Crippen LogP contribution in [0.1, 0.15) is 57.7 Å². The van der Waals surface area contributed by atoms with Crippen molar-refractivity contribution < 1.29 is 42.5 Å². The van der Waals surface area contributed by atoms with E-state index in [4.69, 9.17) is 24.7 Å². The second-order valence-electron chi connectivity index (χ2n) is 10.1. The van der Waals surface area contributed by atoms with Crippen LogP contribution in [0.5, 0.6) is 0 Å². The van der Waals surface area contributed by atoms with Gasteiger partial charge in [-0.25, -0.2) is 4.79 Å². The first-order chi connectivity index (χ1) is 21.2. The fourth-order valence-electron chi connectivity index (χ4n) is 4.70. The average Bonchev–Trinajstić information content (AvgIpc) is 3.47. The number of fused-ring (bicyclic) bond motifs is 3. The van der Waals surface area contributed by atoms with Crippen molar-refractivity contribution in [2.45, 2.75) is 52.3 Å². The van der Waals surface area contributed by atoms with E-state index in [0.29, 0.717) is 12.2 Å². The second kappa shape index (κ2) is 13.4. The number of rotatable bonds is 7. The number of alkyl halides is 3. The van der Waals surface area contributed by atoms with Crippen LogP contribution >= 0.6 is 11.3 Å². The van der Waals surface area contributed by atoms with Crippen LogP contribution in [0.15, 0.2) is 53.5 Å². The molecule has 1 aliphatic heterocycles. The van der Waals surface area contributed by atoms with Gasteiger partial charge in [-0.3, -0.25) is 19.1 Å². The molecule has 1 aliphatic rings. The van der Waals surface area contributed by atoms with Crippen molar-refractivity contribution in [2.75, 3.05) is 7.11 Å². The molecule has 0 spiro atoms. The van der Waals surface area contributed by atoms with Crippen LogP contribution in [0.4, 0.5) is 13.2 Å². The summed E-state index contributed by atoms with van der Waals surface area (Å²) in [5, 5.41) is 25.8. The number of aliphatic carboxylic acids is 2. The summed E-state index contributed by atoms with van der Waals surface area (Å²) in [6.07, 6.45) is -4.39. The number of aromatic nitrogens is 3. The summed E-state index contributed by atoms with van der Waals surface area (Å²) >= 11 is 1.67. The normalized spacial score (nSPS) is 13.8. The van der Waals surface area contributed by atoms with E-state index in [1.807, 2.05) is 35.8 Å². The fraction of sp³-hybridized carbons (Fsp3) is 0.290. The minimum absolute atomic E-state index is 0.0669. The summed E-state index contributed by atoms with van der Waals surface area (Å²) in [4.78, 5) is 38.4. The molecule has 45 heavy (non-hydrogen) atoms. The molecular weight excluding hydrogens is 613 g/mol. The number of aliphatic imine (C=N–C) groups is 1. The molecule has 10 nitrogen and oxygen atoms in total. The van der Waals surface area contributed by atoms with Crippen LogP contribution in [0.3, 0.4) is 0 Å². The predicted octanol–water partition coefficient (Wildman–Crippen LogP) is 6.03. The Morgan fingerprint density at radius 3 is 2.02 bits per heavy atom. The van der Waals surface area contributed by atoms with Gasteiger partial charge in [0.1, 0.15) is 16.9 Å². The number of benzene rings is 2. The van der Waals surface area contributed by atoms with Gasteiger partial charge in [-0.05, 0) is 49.4 Å². The van der Waals surface area contributed by atoms with E-state index in [9.17, 15) is 22.8 Å². The number of hydrogen-bond acceptors (Lipinski definition) is 8. The molecule has 0 saturated carbocycles. The van der Waals surface area contributed by atoms with Crippen LogP contribution < -0.4 is 0 Å².